The van der Waals surface area contributed by atoms with Crippen LogP contribution in [0.3, 0.4) is 0 Å². The van der Waals surface area contributed by atoms with E-state index in [1.54, 1.807) is 31.2 Å². The molecule has 2 rings (SSSR count). The molecule has 0 aliphatic heterocycles. The van der Waals surface area contributed by atoms with Gasteiger partial charge < -0.3 is 4.79 Å². The summed E-state index contributed by atoms with van der Waals surface area (Å²) in [5.41, 5.74) is 2.26. The van der Waals surface area contributed by atoms with Gasteiger partial charge in [-0.3, -0.25) is 0 Å². The van der Waals surface area contributed by atoms with Gasteiger partial charge in [-0.1, -0.05) is 36.3 Å². The first-order chi connectivity index (χ1) is 9.86. The monoisotopic (exact) mass is 307 g/mol. The Bertz CT molecular complexity index is 647. The van der Waals surface area contributed by atoms with Crippen molar-refractivity contribution in [3.63, 3.8) is 0 Å². The largest absolute Gasteiger partial charge is 0.302 e. The van der Waals surface area contributed by atoms with Crippen LogP contribution in [0.2, 0.25) is 0 Å². The van der Waals surface area contributed by atoms with Crippen molar-refractivity contribution in [3.8, 4) is 0 Å². The fourth-order valence-electron chi connectivity index (χ4n) is 2.18. The zero-order valence-electron chi connectivity index (χ0n) is 12.6. The Kier molecular flexibility index (Phi) is 4.64. The second-order valence-corrected chi connectivity index (χ2v) is 7.54. The normalized spacial score (nSPS) is 21.5. The molecule has 1 aromatic rings. The van der Waals surface area contributed by atoms with E-state index in [4.69, 9.17) is 0 Å². The maximum atomic E-state index is 12.7. The van der Waals surface area contributed by atoms with Crippen molar-refractivity contribution >= 4 is 16.3 Å². The molecule has 5 heteroatoms. The maximum Gasteiger partial charge on any atom is 0.243 e. The summed E-state index contributed by atoms with van der Waals surface area (Å²) in [6.07, 6.45) is 3.62. The molecule has 114 valence electrons. The van der Waals surface area contributed by atoms with Crippen molar-refractivity contribution in [1.82, 2.24) is 4.31 Å². The molecule has 1 fully saturated rings. The fraction of sp³-hybridized carbons (Fsp3) is 0.438. The van der Waals surface area contributed by atoms with E-state index in [0.29, 0.717) is 12.2 Å². The minimum atomic E-state index is -3.66. The summed E-state index contributed by atoms with van der Waals surface area (Å²) in [5.74, 6) is 0.542. The van der Waals surface area contributed by atoms with Crippen LogP contribution in [0.25, 0.3) is 0 Å². The molecule has 21 heavy (non-hydrogen) atoms. The van der Waals surface area contributed by atoms with E-state index in [-0.39, 0.29) is 11.4 Å². The number of hydrogen-bond donors (Lipinski definition) is 0. The molecule has 0 bridgehead atoms. The van der Waals surface area contributed by atoms with Gasteiger partial charge in [-0.15, -0.1) is 0 Å². The average Bonchev–Trinajstić information content (AvgIpc) is 3.14. The Morgan fingerprint density at radius 3 is 2.38 bits per heavy atom. The first-order valence-electron chi connectivity index (χ1n) is 7.09. The van der Waals surface area contributed by atoms with Crippen LogP contribution in [0.5, 0.6) is 0 Å². The fourth-order valence-corrected chi connectivity index (χ4v) is 3.69. The summed E-state index contributed by atoms with van der Waals surface area (Å²) < 4.78 is 26.6. The Morgan fingerprint density at radius 1 is 1.33 bits per heavy atom. The van der Waals surface area contributed by atoms with Gasteiger partial charge in [0.2, 0.25) is 10.0 Å². The summed E-state index contributed by atoms with van der Waals surface area (Å²) in [7, 11) is -3.66. The Balaban J connectivity index is 2.29. The highest BCUT2D eigenvalue weighted by atomic mass is 32.2. The van der Waals surface area contributed by atoms with E-state index >= 15 is 0 Å². The zero-order valence-corrected chi connectivity index (χ0v) is 13.4. The number of aldehydes is 1. The summed E-state index contributed by atoms with van der Waals surface area (Å²) in [5, 5.41) is 0. The van der Waals surface area contributed by atoms with Crippen LogP contribution in [-0.2, 0) is 14.8 Å². The predicted molar refractivity (Wildman–Crippen MR) is 82.5 cm³/mol. The summed E-state index contributed by atoms with van der Waals surface area (Å²) in [6, 6.07) is 6.02. The molecule has 0 aromatic heterocycles. The van der Waals surface area contributed by atoms with Crippen molar-refractivity contribution in [2.75, 3.05) is 6.54 Å². The molecule has 0 unspecified atom stereocenters. The van der Waals surface area contributed by atoms with Gasteiger partial charge in [-0.2, -0.15) is 4.31 Å². The molecule has 1 aliphatic rings. The van der Waals surface area contributed by atoms with E-state index < -0.39 is 16.1 Å². The number of allylic oxidation sites excluding steroid dienone is 1. The number of nitrogens with zero attached hydrogens (tertiary/aromatic N) is 1. The lowest BCUT2D eigenvalue weighted by atomic mass is 10.2. The number of sulfonamides is 1. The lowest BCUT2D eigenvalue weighted by molar-refractivity contribution is -0.110. The van der Waals surface area contributed by atoms with Crippen molar-refractivity contribution in [1.29, 1.82) is 0 Å². The number of benzene rings is 1. The van der Waals surface area contributed by atoms with E-state index in [0.717, 1.165) is 12.0 Å². The molecular weight excluding hydrogens is 286 g/mol. The van der Waals surface area contributed by atoms with E-state index in [9.17, 15) is 13.2 Å². The molecule has 1 saturated carbocycles. The standard InChI is InChI=1S/C16H21NO3S/c1-12-4-6-16(7-5-12)21(19,20)17(14(3)11-18)9-8-15-10-13(15)2/h4-8,11,13-14H,9-10H2,1-3H3/b15-8+/t13-,14-/m0/s1. The molecule has 0 N–H and O–H groups in total. The molecule has 0 amide bonds. The Labute approximate surface area is 126 Å². The molecule has 0 heterocycles. The number of aryl methyl sites for hydroxylation is 1. The third kappa shape index (κ3) is 3.60. The van der Waals surface area contributed by atoms with Gasteiger partial charge in [0.25, 0.3) is 0 Å². The predicted octanol–water partition coefficient (Wildman–Crippen LogP) is 2.54. The number of hydrogen-bond acceptors (Lipinski definition) is 3. The van der Waals surface area contributed by atoms with E-state index in [1.165, 1.54) is 9.88 Å². The number of rotatable bonds is 6. The minimum absolute atomic E-state index is 0.226. The van der Waals surface area contributed by atoms with Crippen LogP contribution in [0.15, 0.2) is 40.8 Å². The number of carbonyl (C=O) groups excluding carboxylic acids is 1. The third-order valence-electron chi connectivity index (χ3n) is 3.83. The van der Waals surface area contributed by atoms with Crippen LogP contribution < -0.4 is 0 Å². The van der Waals surface area contributed by atoms with Gasteiger partial charge in [0.05, 0.1) is 10.9 Å². The quantitative estimate of drug-likeness (QED) is 0.599. The topological polar surface area (TPSA) is 54.5 Å². The van der Waals surface area contributed by atoms with Gasteiger partial charge >= 0.3 is 0 Å². The van der Waals surface area contributed by atoms with E-state index in [1.807, 2.05) is 13.0 Å². The van der Waals surface area contributed by atoms with Crippen LogP contribution in [0.1, 0.15) is 25.8 Å². The molecule has 0 saturated heterocycles. The second-order valence-electron chi connectivity index (χ2n) is 5.65. The van der Waals surface area contributed by atoms with Crippen molar-refractivity contribution < 1.29 is 13.2 Å². The minimum Gasteiger partial charge on any atom is -0.302 e. The van der Waals surface area contributed by atoms with Crippen LogP contribution in [0.4, 0.5) is 0 Å². The zero-order chi connectivity index (χ0) is 15.6. The van der Waals surface area contributed by atoms with Crippen LogP contribution >= 0.6 is 0 Å². The van der Waals surface area contributed by atoms with Gasteiger partial charge in [0.15, 0.2) is 0 Å². The molecule has 0 radical (unpaired) electrons. The molecule has 2 atom stereocenters. The summed E-state index contributed by atoms with van der Waals surface area (Å²) in [6.45, 7) is 5.86. The first-order valence-corrected chi connectivity index (χ1v) is 8.53. The van der Waals surface area contributed by atoms with Crippen molar-refractivity contribution in [2.45, 2.75) is 38.1 Å². The van der Waals surface area contributed by atoms with Crippen LogP contribution in [0, 0.1) is 12.8 Å². The first kappa shape index (κ1) is 15.9. The molecule has 0 spiro atoms. The highest BCUT2D eigenvalue weighted by Crippen LogP contribution is 2.36. The third-order valence-corrected chi connectivity index (χ3v) is 5.79. The van der Waals surface area contributed by atoms with Gasteiger partial charge in [0.1, 0.15) is 6.29 Å². The molecule has 1 aliphatic carbocycles. The lowest BCUT2D eigenvalue weighted by Crippen LogP contribution is -2.39. The Morgan fingerprint density at radius 2 is 1.90 bits per heavy atom. The smallest absolute Gasteiger partial charge is 0.243 e. The van der Waals surface area contributed by atoms with Crippen LogP contribution in [-0.4, -0.2) is 31.6 Å². The van der Waals surface area contributed by atoms with Crippen molar-refractivity contribution in [3.05, 3.63) is 41.5 Å². The number of carbonyl (C=O) groups is 1. The van der Waals surface area contributed by atoms with Gasteiger partial charge in [0, 0.05) is 6.54 Å². The maximum absolute atomic E-state index is 12.7. The summed E-state index contributed by atoms with van der Waals surface area (Å²) in [4.78, 5) is 11.3. The molecular formula is C16H21NO3S. The average molecular weight is 307 g/mol. The molecule has 1 aromatic carbocycles. The van der Waals surface area contributed by atoms with Gasteiger partial charge in [-0.25, -0.2) is 8.42 Å². The summed E-state index contributed by atoms with van der Waals surface area (Å²) >= 11 is 0. The highest BCUT2D eigenvalue weighted by Gasteiger charge is 2.30. The lowest BCUT2D eigenvalue weighted by Gasteiger charge is -2.23. The molecule has 4 nitrogen and oxygen atoms in total. The highest BCUT2D eigenvalue weighted by molar-refractivity contribution is 7.89. The van der Waals surface area contributed by atoms with Gasteiger partial charge in [-0.05, 0) is 38.3 Å². The van der Waals surface area contributed by atoms with E-state index in [2.05, 4.69) is 6.92 Å². The Hall–Kier alpha value is -1.46. The van der Waals surface area contributed by atoms with Crippen molar-refractivity contribution in [2.24, 2.45) is 5.92 Å². The second kappa shape index (κ2) is 6.12. The SMILES string of the molecule is Cc1ccc(S(=O)(=O)N(C/C=C2\C[C@@H]2C)[C@@H](C)C=O)cc1.